The van der Waals surface area contributed by atoms with Crippen LogP contribution in [0, 0.1) is 0 Å². The zero-order chi connectivity index (χ0) is 21.3. The summed E-state index contributed by atoms with van der Waals surface area (Å²) in [4.78, 5) is 11.0. The Kier molecular flexibility index (Phi) is 5.68. The molecule has 2 heterocycles. The van der Waals surface area contributed by atoms with Gasteiger partial charge in [-0.25, -0.2) is 9.97 Å². The standard InChI is InChI=1S/C20H20ClN3O5S/c1-27-18-10-15-16(11-19(18)28-7-8-29-30(2,25)26)22-12-23-20(15)24-6-5-13-3-4-14(21)9-17(13)24/h3-4,9-12H,5-8H2,1-2H3. The third-order valence-corrected chi connectivity index (χ3v) is 5.57. The van der Waals surface area contributed by atoms with Gasteiger partial charge in [-0.1, -0.05) is 17.7 Å². The van der Waals surface area contributed by atoms with Gasteiger partial charge >= 0.3 is 0 Å². The largest absolute Gasteiger partial charge is 0.493 e. The molecule has 0 bridgehead atoms. The summed E-state index contributed by atoms with van der Waals surface area (Å²) in [6.45, 7) is 0.733. The minimum absolute atomic E-state index is 0.0465. The summed E-state index contributed by atoms with van der Waals surface area (Å²) in [5.41, 5.74) is 2.92. The number of anilines is 2. The highest BCUT2D eigenvalue weighted by Gasteiger charge is 2.24. The predicted octanol–water partition coefficient (Wildman–Crippen LogP) is 3.34. The van der Waals surface area contributed by atoms with E-state index in [0.29, 0.717) is 22.0 Å². The van der Waals surface area contributed by atoms with Crippen LogP contribution < -0.4 is 14.4 Å². The maximum atomic E-state index is 11.1. The van der Waals surface area contributed by atoms with Crippen LogP contribution in [0.2, 0.25) is 5.02 Å². The molecule has 0 fully saturated rings. The number of hydrogen-bond donors (Lipinski definition) is 0. The Labute approximate surface area is 179 Å². The van der Waals surface area contributed by atoms with Crippen molar-refractivity contribution in [2.24, 2.45) is 0 Å². The Morgan fingerprint density at radius 3 is 2.73 bits per heavy atom. The van der Waals surface area contributed by atoms with Gasteiger partial charge in [0.25, 0.3) is 10.1 Å². The Hall–Kier alpha value is -2.62. The summed E-state index contributed by atoms with van der Waals surface area (Å²) < 4.78 is 38.0. The van der Waals surface area contributed by atoms with Crippen molar-refractivity contribution in [1.82, 2.24) is 9.97 Å². The summed E-state index contributed by atoms with van der Waals surface area (Å²) in [5, 5.41) is 1.48. The minimum atomic E-state index is -3.52. The third-order valence-electron chi connectivity index (χ3n) is 4.74. The lowest BCUT2D eigenvalue weighted by Crippen LogP contribution is -2.15. The van der Waals surface area contributed by atoms with Gasteiger partial charge < -0.3 is 14.4 Å². The number of methoxy groups -OCH3 is 1. The van der Waals surface area contributed by atoms with Crippen molar-refractivity contribution in [3.05, 3.63) is 47.2 Å². The van der Waals surface area contributed by atoms with Gasteiger partial charge in [-0.3, -0.25) is 4.18 Å². The van der Waals surface area contributed by atoms with Gasteiger partial charge in [0.1, 0.15) is 25.4 Å². The topological polar surface area (TPSA) is 90.8 Å². The van der Waals surface area contributed by atoms with Crippen LogP contribution in [0.15, 0.2) is 36.7 Å². The highest BCUT2D eigenvalue weighted by molar-refractivity contribution is 7.85. The van der Waals surface area contributed by atoms with E-state index in [9.17, 15) is 8.42 Å². The number of ether oxygens (including phenoxy) is 2. The normalized spacial score (nSPS) is 13.5. The van der Waals surface area contributed by atoms with Crippen LogP contribution >= 0.6 is 11.6 Å². The quantitative estimate of drug-likeness (QED) is 0.400. The van der Waals surface area contributed by atoms with Crippen molar-refractivity contribution in [3.63, 3.8) is 0 Å². The molecule has 1 aliphatic rings. The lowest BCUT2D eigenvalue weighted by atomic mass is 10.1. The summed E-state index contributed by atoms with van der Waals surface area (Å²) in [5.74, 6) is 1.69. The second kappa shape index (κ2) is 8.25. The molecule has 0 aliphatic carbocycles. The molecular formula is C20H20ClN3O5S. The Bertz CT molecular complexity index is 1200. The predicted molar refractivity (Wildman–Crippen MR) is 115 cm³/mol. The van der Waals surface area contributed by atoms with Gasteiger partial charge in [-0.2, -0.15) is 8.42 Å². The van der Waals surface area contributed by atoms with Gasteiger partial charge in [-0.15, -0.1) is 0 Å². The summed E-state index contributed by atoms with van der Waals surface area (Å²) in [6, 6.07) is 9.43. The Balaban J connectivity index is 1.67. The molecule has 0 unspecified atom stereocenters. The van der Waals surface area contributed by atoms with Crippen LogP contribution in [0.3, 0.4) is 0 Å². The van der Waals surface area contributed by atoms with Gasteiger partial charge in [0.05, 0.1) is 18.9 Å². The maximum absolute atomic E-state index is 11.1. The molecule has 8 nitrogen and oxygen atoms in total. The molecule has 0 saturated heterocycles. The van der Waals surface area contributed by atoms with Gasteiger partial charge in [-0.05, 0) is 30.2 Å². The highest BCUT2D eigenvalue weighted by atomic mass is 35.5. The third kappa shape index (κ3) is 4.28. The number of hydrogen-bond acceptors (Lipinski definition) is 8. The molecule has 0 N–H and O–H groups in total. The molecule has 158 valence electrons. The Morgan fingerprint density at radius 2 is 1.97 bits per heavy atom. The molecule has 0 spiro atoms. The molecule has 30 heavy (non-hydrogen) atoms. The fraction of sp³-hybridized carbons (Fsp3) is 0.300. The number of fused-ring (bicyclic) bond motifs is 2. The molecule has 3 aromatic rings. The second-order valence-electron chi connectivity index (χ2n) is 6.77. The first-order valence-electron chi connectivity index (χ1n) is 9.21. The molecular weight excluding hydrogens is 430 g/mol. The second-order valence-corrected chi connectivity index (χ2v) is 8.85. The van der Waals surface area contributed by atoms with Crippen LogP contribution in [-0.2, 0) is 20.7 Å². The number of aromatic nitrogens is 2. The van der Waals surface area contributed by atoms with E-state index >= 15 is 0 Å². The van der Waals surface area contributed by atoms with E-state index in [1.54, 1.807) is 6.07 Å². The van der Waals surface area contributed by atoms with Gasteiger partial charge in [0.2, 0.25) is 0 Å². The number of nitrogens with zero attached hydrogens (tertiary/aromatic N) is 3. The molecule has 2 aromatic carbocycles. The van der Waals surface area contributed by atoms with E-state index in [2.05, 4.69) is 14.9 Å². The molecule has 4 rings (SSSR count). The van der Waals surface area contributed by atoms with Crippen molar-refractivity contribution in [2.45, 2.75) is 6.42 Å². The smallest absolute Gasteiger partial charge is 0.264 e. The first-order valence-corrected chi connectivity index (χ1v) is 11.4. The average molecular weight is 450 g/mol. The lowest BCUT2D eigenvalue weighted by Gasteiger charge is -2.21. The van der Waals surface area contributed by atoms with Crippen LogP contribution in [0.4, 0.5) is 11.5 Å². The van der Waals surface area contributed by atoms with E-state index in [0.717, 1.165) is 36.1 Å². The van der Waals surface area contributed by atoms with E-state index in [4.69, 9.17) is 25.3 Å². The molecule has 0 radical (unpaired) electrons. The zero-order valence-corrected chi connectivity index (χ0v) is 18.0. The number of halogens is 1. The van der Waals surface area contributed by atoms with Crippen LogP contribution in [-0.4, -0.2) is 51.5 Å². The van der Waals surface area contributed by atoms with E-state index in [-0.39, 0.29) is 13.2 Å². The van der Waals surface area contributed by atoms with Crippen molar-refractivity contribution in [3.8, 4) is 11.5 Å². The molecule has 0 saturated carbocycles. The molecule has 1 aliphatic heterocycles. The minimum Gasteiger partial charge on any atom is -0.493 e. The van der Waals surface area contributed by atoms with Crippen LogP contribution in [0.25, 0.3) is 10.9 Å². The van der Waals surface area contributed by atoms with Crippen molar-refractivity contribution >= 4 is 44.1 Å². The zero-order valence-electron chi connectivity index (χ0n) is 16.5. The first-order chi connectivity index (χ1) is 14.4. The van der Waals surface area contributed by atoms with Crippen molar-refractivity contribution in [1.29, 1.82) is 0 Å². The summed E-state index contributed by atoms with van der Waals surface area (Å²) >= 11 is 6.21. The maximum Gasteiger partial charge on any atom is 0.264 e. The molecule has 1 aromatic heterocycles. The summed E-state index contributed by atoms with van der Waals surface area (Å²) in [7, 11) is -1.98. The molecule has 10 heteroatoms. The highest BCUT2D eigenvalue weighted by Crippen LogP contribution is 2.40. The first kappa shape index (κ1) is 20.6. The van der Waals surface area contributed by atoms with Crippen molar-refractivity contribution < 1.29 is 22.1 Å². The van der Waals surface area contributed by atoms with Crippen LogP contribution in [0.5, 0.6) is 11.5 Å². The van der Waals surface area contributed by atoms with Crippen molar-refractivity contribution in [2.75, 3.05) is 38.0 Å². The summed E-state index contributed by atoms with van der Waals surface area (Å²) in [6.07, 6.45) is 3.39. The average Bonchev–Trinajstić information content (AvgIpc) is 3.12. The SMILES string of the molecule is COc1cc2c(N3CCc4ccc(Cl)cc43)ncnc2cc1OCCOS(C)(=O)=O. The number of benzene rings is 2. The number of rotatable bonds is 7. The van der Waals surface area contributed by atoms with Gasteiger partial charge in [0, 0.05) is 28.7 Å². The Morgan fingerprint density at radius 1 is 1.13 bits per heavy atom. The molecule has 0 amide bonds. The fourth-order valence-corrected chi connectivity index (χ4v) is 3.98. The monoisotopic (exact) mass is 449 g/mol. The van der Waals surface area contributed by atoms with E-state index in [1.807, 2.05) is 24.3 Å². The van der Waals surface area contributed by atoms with E-state index < -0.39 is 10.1 Å². The fourth-order valence-electron chi connectivity index (χ4n) is 3.45. The van der Waals surface area contributed by atoms with E-state index in [1.165, 1.54) is 19.0 Å². The van der Waals surface area contributed by atoms with Gasteiger partial charge in [0.15, 0.2) is 11.5 Å². The van der Waals surface area contributed by atoms with Crippen LogP contribution in [0.1, 0.15) is 5.56 Å². The molecule has 0 atom stereocenters. The lowest BCUT2D eigenvalue weighted by molar-refractivity contribution is 0.216.